The number of nitrogens with zero attached hydrogens (tertiary/aromatic N) is 3. The van der Waals surface area contributed by atoms with Crippen LogP contribution in [-0.2, 0) is 11.2 Å². The number of pyridine rings is 1. The van der Waals surface area contributed by atoms with E-state index in [1.807, 2.05) is 0 Å². The number of fused-ring (bicyclic) bond motifs is 1. The Labute approximate surface area is 166 Å². The molecule has 0 bridgehead atoms. The van der Waals surface area contributed by atoms with E-state index in [0.717, 1.165) is 69.3 Å². The Morgan fingerprint density at radius 2 is 1.89 bits per heavy atom. The lowest BCUT2D eigenvalue weighted by molar-refractivity contribution is 0.0422. The maximum atomic E-state index is 9.52. The summed E-state index contributed by atoms with van der Waals surface area (Å²) in [6.45, 7) is 8.27. The van der Waals surface area contributed by atoms with Crippen LogP contribution in [0.15, 0.2) is 35.9 Å². The molecule has 1 aromatic carbocycles. The summed E-state index contributed by atoms with van der Waals surface area (Å²) in [6.07, 6.45) is 3.19. The van der Waals surface area contributed by atoms with Crippen LogP contribution in [0.2, 0.25) is 0 Å². The van der Waals surface area contributed by atoms with Crippen LogP contribution in [0.5, 0.6) is 0 Å². The van der Waals surface area contributed by atoms with Crippen molar-refractivity contribution in [3.8, 4) is 11.3 Å². The Balaban J connectivity index is 1.40. The van der Waals surface area contributed by atoms with Crippen molar-refractivity contribution in [1.82, 2.24) is 9.88 Å². The van der Waals surface area contributed by atoms with E-state index in [2.05, 4.69) is 53.1 Å². The van der Waals surface area contributed by atoms with Gasteiger partial charge in [0.05, 0.1) is 25.0 Å². The van der Waals surface area contributed by atoms with Gasteiger partial charge in [0, 0.05) is 55.2 Å². The average Bonchev–Trinajstić information content (AvgIpc) is 3.08. The Morgan fingerprint density at radius 1 is 1.14 bits per heavy atom. The van der Waals surface area contributed by atoms with Gasteiger partial charge in [-0.25, -0.2) is 0 Å². The fourth-order valence-corrected chi connectivity index (χ4v) is 4.42. The third-order valence-electron chi connectivity index (χ3n) is 5.94. The molecule has 2 saturated heterocycles. The van der Waals surface area contributed by atoms with E-state index < -0.39 is 0 Å². The fraction of sp³-hybridized carbons (Fsp3) is 0.435. The van der Waals surface area contributed by atoms with Gasteiger partial charge in [-0.3, -0.25) is 9.88 Å². The summed E-state index contributed by atoms with van der Waals surface area (Å²) >= 11 is 0. The van der Waals surface area contributed by atoms with Crippen molar-refractivity contribution in [2.24, 2.45) is 0 Å². The maximum Gasteiger partial charge on any atom is 0.0889 e. The Kier molecular flexibility index (Phi) is 4.67. The van der Waals surface area contributed by atoms with Gasteiger partial charge in [0.25, 0.3) is 0 Å². The highest BCUT2D eigenvalue weighted by Gasteiger charge is 2.25. The highest BCUT2D eigenvalue weighted by molar-refractivity contribution is 5.79. The first-order valence-electron chi connectivity index (χ1n) is 10.2. The number of aromatic nitrogens is 1. The van der Waals surface area contributed by atoms with Gasteiger partial charge in [0.2, 0.25) is 0 Å². The molecular formula is C23H27N3O2. The molecule has 5 rings (SSSR count). The van der Waals surface area contributed by atoms with Crippen molar-refractivity contribution in [3.63, 3.8) is 0 Å². The number of aryl methyl sites for hydroxylation is 1. The standard InChI is InChI=1S/C23H27N3O2/c1-16-10-19-11-17(13-25-6-8-28-9-7-25)12-22(19)23(24-16)18-2-4-20(5-3-18)26-14-21(27)15-26/h2-5,10,12,21,27H,6-9,11,13-15H2,1H3. The smallest absolute Gasteiger partial charge is 0.0889 e. The van der Waals surface area contributed by atoms with E-state index in [4.69, 9.17) is 9.72 Å². The van der Waals surface area contributed by atoms with Gasteiger partial charge >= 0.3 is 0 Å². The van der Waals surface area contributed by atoms with Gasteiger partial charge in [-0.2, -0.15) is 0 Å². The van der Waals surface area contributed by atoms with Crippen molar-refractivity contribution < 1.29 is 9.84 Å². The van der Waals surface area contributed by atoms with Crippen LogP contribution in [-0.4, -0.2) is 67.0 Å². The summed E-state index contributed by atoms with van der Waals surface area (Å²) in [6, 6.07) is 10.8. The number of aliphatic hydroxyl groups excluding tert-OH is 1. The molecule has 5 heteroatoms. The zero-order valence-corrected chi connectivity index (χ0v) is 16.4. The SMILES string of the molecule is Cc1cc2c(c(-c3ccc(N4CC(O)C4)cc3)n1)C=C(CN1CCOCC1)C2. The molecule has 0 unspecified atom stereocenters. The molecule has 0 saturated carbocycles. The fourth-order valence-electron chi connectivity index (χ4n) is 4.42. The van der Waals surface area contributed by atoms with Crippen LogP contribution < -0.4 is 4.90 Å². The average molecular weight is 377 g/mol. The number of aliphatic hydroxyl groups is 1. The van der Waals surface area contributed by atoms with E-state index in [1.54, 1.807) is 0 Å². The Hall–Kier alpha value is -2.21. The monoisotopic (exact) mass is 377 g/mol. The quantitative estimate of drug-likeness (QED) is 0.887. The van der Waals surface area contributed by atoms with Gasteiger partial charge in [-0.05, 0) is 37.1 Å². The molecule has 0 radical (unpaired) electrons. The molecule has 2 aliphatic heterocycles. The normalized spacial score (nSPS) is 20.1. The number of anilines is 1. The molecule has 146 valence electrons. The second-order valence-corrected chi connectivity index (χ2v) is 8.16. The molecule has 0 amide bonds. The van der Waals surface area contributed by atoms with Crippen molar-refractivity contribution in [1.29, 1.82) is 0 Å². The highest BCUT2D eigenvalue weighted by atomic mass is 16.5. The highest BCUT2D eigenvalue weighted by Crippen LogP contribution is 2.34. The molecule has 0 atom stereocenters. The lowest BCUT2D eigenvalue weighted by Gasteiger charge is -2.37. The lowest BCUT2D eigenvalue weighted by atomic mass is 10.0. The predicted octanol–water partition coefficient (Wildman–Crippen LogP) is 2.51. The van der Waals surface area contributed by atoms with Crippen molar-refractivity contribution >= 4 is 11.8 Å². The second kappa shape index (κ2) is 7.32. The first kappa shape index (κ1) is 17.9. The van der Waals surface area contributed by atoms with Gasteiger partial charge in [0.15, 0.2) is 0 Å². The first-order chi connectivity index (χ1) is 13.7. The maximum absolute atomic E-state index is 9.52. The number of hydrogen-bond acceptors (Lipinski definition) is 5. The summed E-state index contributed by atoms with van der Waals surface area (Å²) in [5, 5.41) is 9.52. The van der Waals surface area contributed by atoms with E-state index >= 15 is 0 Å². The molecule has 1 aromatic heterocycles. The largest absolute Gasteiger partial charge is 0.389 e. The summed E-state index contributed by atoms with van der Waals surface area (Å²) < 4.78 is 5.47. The Morgan fingerprint density at radius 3 is 2.61 bits per heavy atom. The molecule has 0 spiro atoms. The molecule has 28 heavy (non-hydrogen) atoms. The van der Waals surface area contributed by atoms with E-state index in [9.17, 15) is 5.11 Å². The number of morpholine rings is 1. The zero-order valence-electron chi connectivity index (χ0n) is 16.4. The van der Waals surface area contributed by atoms with Crippen LogP contribution in [0, 0.1) is 6.92 Å². The molecule has 3 heterocycles. The van der Waals surface area contributed by atoms with E-state index in [0.29, 0.717) is 0 Å². The minimum atomic E-state index is -0.184. The molecule has 3 aliphatic rings. The number of ether oxygens (including phenoxy) is 1. The van der Waals surface area contributed by atoms with E-state index in [1.165, 1.54) is 22.4 Å². The van der Waals surface area contributed by atoms with Gasteiger partial charge in [-0.1, -0.05) is 23.8 Å². The summed E-state index contributed by atoms with van der Waals surface area (Å²) in [5.41, 5.74) is 8.63. The van der Waals surface area contributed by atoms with Gasteiger partial charge in [-0.15, -0.1) is 0 Å². The predicted molar refractivity (Wildman–Crippen MR) is 112 cm³/mol. The third-order valence-corrected chi connectivity index (χ3v) is 5.94. The summed E-state index contributed by atoms with van der Waals surface area (Å²) in [5.74, 6) is 0. The van der Waals surface area contributed by atoms with Crippen LogP contribution in [0.4, 0.5) is 5.69 Å². The van der Waals surface area contributed by atoms with Crippen LogP contribution in [0.25, 0.3) is 17.3 Å². The van der Waals surface area contributed by atoms with Crippen molar-refractivity contribution in [3.05, 3.63) is 52.7 Å². The van der Waals surface area contributed by atoms with Crippen LogP contribution >= 0.6 is 0 Å². The van der Waals surface area contributed by atoms with Crippen LogP contribution in [0.3, 0.4) is 0 Å². The third kappa shape index (κ3) is 3.46. The van der Waals surface area contributed by atoms with Crippen LogP contribution in [0.1, 0.15) is 16.8 Å². The number of benzene rings is 1. The lowest BCUT2D eigenvalue weighted by Crippen LogP contribution is -2.50. The minimum absolute atomic E-state index is 0.184. The van der Waals surface area contributed by atoms with Gasteiger partial charge < -0.3 is 14.7 Å². The van der Waals surface area contributed by atoms with Gasteiger partial charge in [0.1, 0.15) is 0 Å². The molecule has 2 fully saturated rings. The molecule has 2 aromatic rings. The Bertz CT molecular complexity index is 895. The number of β-amino-alcohol motifs (C(OH)–C–C–N with tert-alkyl or cyclic N) is 1. The first-order valence-corrected chi connectivity index (χ1v) is 10.2. The van der Waals surface area contributed by atoms with Crippen molar-refractivity contribution in [2.75, 3.05) is 50.8 Å². The van der Waals surface area contributed by atoms with E-state index in [-0.39, 0.29) is 6.10 Å². The minimum Gasteiger partial charge on any atom is -0.389 e. The van der Waals surface area contributed by atoms with Crippen molar-refractivity contribution in [2.45, 2.75) is 19.4 Å². The summed E-state index contributed by atoms with van der Waals surface area (Å²) in [7, 11) is 0. The number of rotatable bonds is 4. The molecular weight excluding hydrogens is 350 g/mol. The molecule has 5 nitrogen and oxygen atoms in total. The zero-order chi connectivity index (χ0) is 19.1. The topological polar surface area (TPSA) is 48.8 Å². The second-order valence-electron chi connectivity index (χ2n) is 8.16. The molecule has 1 N–H and O–H groups in total. The molecule has 1 aliphatic carbocycles. The number of hydrogen-bond donors (Lipinski definition) is 1. The summed E-state index contributed by atoms with van der Waals surface area (Å²) in [4.78, 5) is 9.57.